The third-order valence-electron chi connectivity index (χ3n) is 2.90. The molecular weight excluding hydrogens is 246 g/mol. The fourth-order valence-corrected chi connectivity index (χ4v) is 2.19. The minimum Gasteiger partial charge on any atom is -0.372 e. The molecule has 0 bridgehead atoms. The van der Waals surface area contributed by atoms with E-state index in [2.05, 4.69) is 49.2 Å². The van der Waals surface area contributed by atoms with Gasteiger partial charge in [0.25, 0.3) is 0 Å². The van der Waals surface area contributed by atoms with Crippen LogP contribution < -0.4 is 10.2 Å². The largest absolute Gasteiger partial charge is 0.372 e. The van der Waals surface area contributed by atoms with Crippen LogP contribution in [-0.4, -0.2) is 45.7 Å². The normalized spacial score (nSPS) is 11.0. The van der Waals surface area contributed by atoms with Gasteiger partial charge in [-0.3, -0.25) is 0 Å². The molecule has 0 radical (unpaired) electrons. The summed E-state index contributed by atoms with van der Waals surface area (Å²) in [5.74, 6) is 0. The zero-order valence-corrected chi connectivity index (χ0v) is 12.6. The Balaban J connectivity index is 2.83. The molecule has 0 aliphatic carbocycles. The van der Waals surface area contributed by atoms with E-state index in [0.717, 1.165) is 36.9 Å². The van der Waals surface area contributed by atoms with Crippen molar-refractivity contribution in [1.29, 1.82) is 0 Å². The van der Waals surface area contributed by atoms with Gasteiger partial charge in [0.05, 0.1) is 10.7 Å². The molecule has 0 atom stereocenters. The van der Waals surface area contributed by atoms with Crippen LogP contribution in [0.5, 0.6) is 0 Å². The molecule has 0 heterocycles. The van der Waals surface area contributed by atoms with E-state index in [1.54, 1.807) is 0 Å². The van der Waals surface area contributed by atoms with Crippen molar-refractivity contribution < 1.29 is 0 Å². The van der Waals surface area contributed by atoms with Gasteiger partial charge < -0.3 is 15.1 Å². The number of para-hydroxylation sites is 1. The summed E-state index contributed by atoms with van der Waals surface area (Å²) in [6.07, 6.45) is 0. The van der Waals surface area contributed by atoms with E-state index >= 15 is 0 Å². The predicted molar refractivity (Wildman–Crippen MR) is 80.7 cm³/mol. The van der Waals surface area contributed by atoms with Gasteiger partial charge in [-0.1, -0.05) is 30.7 Å². The van der Waals surface area contributed by atoms with Crippen LogP contribution in [-0.2, 0) is 6.54 Å². The molecule has 3 nitrogen and oxygen atoms in total. The summed E-state index contributed by atoms with van der Waals surface area (Å²) in [6, 6.07) is 6.10. The van der Waals surface area contributed by atoms with E-state index in [0.29, 0.717) is 0 Å². The van der Waals surface area contributed by atoms with E-state index in [9.17, 15) is 0 Å². The lowest BCUT2D eigenvalue weighted by Gasteiger charge is -2.25. The van der Waals surface area contributed by atoms with E-state index in [1.807, 2.05) is 12.1 Å². The first kappa shape index (κ1) is 15.3. The highest BCUT2D eigenvalue weighted by atomic mass is 35.5. The van der Waals surface area contributed by atoms with Crippen molar-refractivity contribution in [1.82, 2.24) is 10.2 Å². The number of anilines is 1. The zero-order chi connectivity index (χ0) is 13.5. The molecule has 4 heteroatoms. The summed E-state index contributed by atoms with van der Waals surface area (Å²) in [6.45, 7) is 5.92. The molecule has 0 fully saturated rings. The van der Waals surface area contributed by atoms with E-state index in [1.165, 1.54) is 5.56 Å². The Kier molecular flexibility index (Phi) is 6.47. The molecule has 0 aromatic heterocycles. The lowest BCUT2D eigenvalue weighted by molar-refractivity contribution is 0.416. The highest BCUT2D eigenvalue weighted by molar-refractivity contribution is 6.33. The second-order valence-electron chi connectivity index (χ2n) is 4.75. The molecule has 0 saturated carbocycles. The third kappa shape index (κ3) is 4.48. The van der Waals surface area contributed by atoms with Crippen LogP contribution >= 0.6 is 11.6 Å². The summed E-state index contributed by atoms with van der Waals surface area (Å²) >= 11 is 6.34. The average Bonchev–Trinajstić information content (AvgIpc) is 2.33. The number of hydrogen-bond donors (Lipinski definition) is 1. The maximum Gasteiger partial charge on any atom is 0.0642 e. The van der Waals surface area contributed by atoms with Gasteiger partial charge in [-0.15, -0.1) is 0 Å². The van der Waals surface area contributed by atoms with Crippen LogP contribution in [0.3, 0.4) is 0 Å². The first-order chi connectivity index (χ1) is 8.56. The zero-order valence-electron chi connectivity index (χ0n) is 11.8. The third-order valence-corrected chi connectivity index (χ3v) is 3.21. The molecule has 0 saturated heterocycles. The molecule has 0 amide bonds. The van der Waals surface area contributed by atoms with Crippen LogP contribution in [0, 0.1) is 0 Å². The van der Waals surface area contributed by atoms with Crippen LogP contribution in [0.4, 0.5) is 5.69 Å². The predicted octanol–water partition coefficient (Wildman–Crippen LogP) is 2.45. The van der Waals surface area contributed by atoms with E-state index < -0.39 is 0 Å². The summed E-state index contributed by atoms with van der Waals surface area (Å²) in [5, 5.41) is 4.18. The minimum atomic E-state index is 0.826. The van der Waals surface area contributed by atoms with Gasteiger partial charge in [0.1, 0.15) is 0 Å². The first-order valence-electron chi connectivity index (χ1n) is 6.40. The number of rotatable bonds is 7. The summed E-state index contributed by atoms with van der Waals surface area (Å²) in [5.41, 5.74) is 2.40. The van der Waals surface area contributed by atoms with Crippen molar-refractivity contribution in [3.05, 3.63) is 28.8 Å². The number of halogens is 1. The number of likely N-dealkylation sites (N-methyl/N-ethyl adjacent to an activating group) is 2. The Bertz CT molecular complexity index is 366. The molecule has 1 aromatic rings. The maximum atomic E-state index is 6.34. The van der Waals surface area contributed by atoms with Crippen molar-refractivity contribution in [2.24, 2.45) is 0 Å². The quantitative estimate of drug-likeness (QED) is 0.820. The van der Waals surface area contributed by atoms with Crippen LogP contribution in [0.15, 0.2) is 18.2 Å². The lowest BCUT2D eigenvalue weighted by atomic mass is 10.1. The van der Waals surface area contributed by atoms with Crippen molar-refractivity contribution in [2.45, 2.75) is 13.5 Å². The molecular formula is C14H24ClN3. The number of hydrogen-bond acceptors (Lipinski definition) is 3. The van der Waals surface area contributed by atoms with Crippen molar-refractivity contribution in [3.8, 4) is 0 Å². The van der Waals surface area contributed by atoms with Gasteiger partial charge in [0.15, 0.2) is 0 Å². The van der Waals surface area contributed by atoms with E-state index in [4.69, 9.17) is 11.6 Å². The Morgan fingerprint density at radius 3 is 2.50 bits per heavy atom. The maximum absolute atomic E-state index is 6.34. The molecule has 18 heavy (non-hydrogen) atoms. The van der Waals surface area contributed by atoms with Gasteiger partial charge in [0, 0.05) is 26.7 Å². The van der Waals surface area contributed by atoms with E-state index in [-0.39, 0.29) is 0 Å². The Hall–Kier alpha value is -0.770. The Morgan fingerprint density at radius 2 is 1.89 bits per heavy atom. The fourth-order valence-electron chi connectivity index (χ4n) is 1.85. The number of nitrogens with zero attached hydrogens (tertiary/aromatic N) is 2. The lowest BCUT2D eigenvalue weighted by Crippen LogP contribution is -2.29. The van der Waals surface area contributed by atoms with Gasteiger partial charge >= 0.3 is 0 Å². The summed E-state index contributed by atoms with van der Waals surface area (Å²) < 4.78 is 0. The van der Waals surface area contributed by atoms with Gasteiger partial charge in [-0.05, 0) is 32.3 Å². The van der Waals surface area contributed by atoms with Gasteiger partial charge in [-0.2, -0.15) is 0 Å². The van der Waals surface area contributed by atoms with Gasteiger partial charge in [0.2, 0.25) is 0 Å². The van der Waals surface area contributed by atoms with Crippen LogP contribution in [0.1, 0.15) is 12.5 Å². The second kappa shape index (κ2) is 7.62. The topological polar surface area (TPSA) is 18.5 Å². The molecule has 1 N–H and O–H groups in total. The Morgan fingerprint density at radius 1 is 1.17 bits per heavy atom. The van der Waals surface area contributed by atoms with Crippen LogP contribution in [0.25, 0.3) is 0 Å². The van der Waals surface area contributed by atoms with Crippen LogP contribution in [0.2, 0.25) is 5.02 Å². The molecule has 102 valence electrons. The fraction of sp³-hybridized carbons (Fsp3) is 0.571. The van der Waals surface area contributed by atoms with Crippen molar-refractivity contribution >= 4 is 17.3 Å². The minimum absolute atomic E-state index is 0.826. The van der Waals surface area contributed by atoms with Crippen molar-refractivity contribution in [2.75, 3.05) is 45.7 Å². The highest BCUT2D eigenvalue weighted by Crippen LogP contribution is 2.29. The van der Waals surface area contributed by atoms with Gasteiger partial charge in [-0.25, -0.2) is 0 Å². The highest BCUT2D eigenvalue weighted by Gasteiger charge is 2.11. The van der Waals surface area contributed by atoms with Crippen molar-refractivity contribution in [3.63, 3.8) is 0 Å². The standard InChI is InChI=1S/C14H24ClN3/c1-5-16-11-12-7-6-8-13(15)14(12)18(4)10-9-17(2)3/h6-8,16H,5,9-11H2,1-4H3. The summed E-state index contributed by atoms with van der Waals surface area (Å²) in [4.78, 5) is 4.41. The first-order valence-corrected chi connectivity index (χ1v) is 6.78. The monoisotopic (exact) mass is 269 g/mol. The Labute approximate surface area is 116 Å². The molecule has 1 aromatic carbocycles. The average molecular weight is 270 g/mol. The number of benzene rings is 1. The molecule has 0 aliphatic rings. The molecule has 0 spiro atoms. The number of nitrogens with one attached hydrogen (secondary N) is 1. The smallest absolute Gasteiger partial charge is 0.0642 e. The second-order valence-corrected chi connectivity index (χ2v) is 5.16. The summed E-state index contributed by atoms with van der Waals surface area (Å²) in [7, 11) is 6.26. The molecule has 0 aliphatic heterocycles. The molecule has 0 unspecified atom stereocenters. The molecule has 1 rings (SSSR count). The SMILES string of the molecule is CCNCc1cccc(Cl)c1N(C)CCN(C)C.